The van der Waals surface area contributed by atoms with Crippen molar-refractivity contribution in [3.05, 3.63) is 95.6 Å². The molecule has 6 nitrogen and oxygen atoms in total. The predicted octanol–water partition coefficient (Wildman–Crippen LogP) is 4.26. The topological polar surface area (TPSA) is 67.9 Å². The fourth-order valence-electron chi connectivity index (χ4n) is 4.23. The van der Waals surface area contributed by atoms with Crippen molar-refractivity contribution in [2.45, 2.75) is 18.9 Å². The molecule has 34 heavy (non-hydrogen) atoms. The van der Waals surface area contributed by atoms with E-state index in [9.17, 15) is 9.59 Å². The number of nitrogens with zero attached hydrogens (tertiary/aromatic N) is 1. The molecule has 1 atom stereocenters. The van der Waals surface area contributed by atoms with Gasteiger partial charge >= 0.3 is 0 Å². The highest BCUT2D eigenvalue weighted by Gasteiger charge is 2.24. The SMILES string of the molecule is COc1cccc([C@H](CNC(=O)COc2ccc(C(=O)c3ccccc3)cc2)N2CCCC2)c1. The summed E-state index contributed by atoms with van der Waals surface area (Å²) in [6, 6.07) is 24.1. The number of methoxy groups -OCH3 is 1. The molecule has 0 radical (unpaired) electrons. The number of ketones is 1. The molecule has 176 valence electrons. The summed E-state index contributed by atoms with van der Waals surface area (Å²) in [4.78, 5) is 27.4. The zero-order chi connectivity index (χ0) is 23.8. The zero-order valence-electron chi connectivity index (χ0n) is 19.4. The van der Waals surface area contributed by atoms with Gasteiger partial charge in [0, 0.05) is 17.7 Å². The lowest BCUT2D eigenvalue weighted by atomic mass is 10.0. The van der Waals surface area contributed by atoms with Gasteiger partial charge in [0.25, 0.3) is 5.91 Å². The van der Waals surface area contributed by atoms with Crippen LogP contribution in [0.1, 0.15) is 40.4 Å². The van der Waals surface area contributed by atoms with Gasteiger partial charge in [0.1, 0.15) is 11.5 Å². The van der Waals surface area contributed by atoms with Crippen LogP contribution in [0.3, 0.4) is 0 Å². The molecule has 1 saturated heterocycles. The molecule has 4 rings (SSSR count). The number of amides is 1. The first kappa shape index (κ1) is 23.5. The quantitative estimate of drug-likeness (QED) is 0.460. The molecular formula is C28H30N2O4. The summed E-state index contributed by atoms with van der Waals surface area (Å²) < 4.78 is 11.0. The summed E-state index contributed by atoms with van der Waals surface area (Å²) >= 11 is 0. The Labute approximate surface area is 200 Å². The van der Waals surface area contributed by atoms with Crippen molar-refractivity contribution in [2.75, 3.05) is 33.4 Å². The summed E-state index contributed by atoms with van der Waals surface area (Å²) in [5.74, 6) is 1.13. The highest BCUT2D eigenvalue weighted by molar-refractivity contribution is 6.08. The molecule has 0 spiro atoms. The number of carbonyl (C=O) groups is 2. The molecule has 6 heteroatoms. The van der Waals surface area contributed by atoms with Crippen molar-refractivity contribution in [1.29, 1.82) is 0 Å². The Morgan fingerprint density at radius 3 is 2.29 bits per heavy atom. The van der Waals surface area contributed by atoms with Gasteiger partial charge in [-0.2, -0.15) is 0 Å². The van der Waals surface area contributed by atoms with Gasteiger partial charge < -0.3 is 14.8 Å². The molecule has 0 aromatic heterocycles. The first-order valence-electron chi connectivity index (χ1n) is 11.6. The molecule has 1 heterocycles. The maximum absolute atomic E-state index is 12.5. The molecule has 3 aromatic carbocycles. The van der Waals surface area contributed by atoms with Gasteiger partial charge in [-0.05, 0) is 67.9 Å². The monoisotopic (exact) mass is 458 g/mol. The molecule has 0 unspecified atom stereocenters. The molecule has 1 amide bonds. The van der Waals surface area contributed by atoms with E-state index in [1.165, 1.54) is 12.8 Å². The van der Waals surface area contributed by atoms with E-state index >= 15 is 0 Å². The van der Waals surface area contributed by atoms with Crippen LogP contribution in [-0.2, 0) is 4.79 Å². The van der Waals surface area contributed by atoms with Gasteiger partial charge in [0.05, 0.1) is 13.2 Å². The van der Waals surface area contributed by atoms with Crippen molar-refractivity contribution < 1.29 is 19.1 Å². The molecule has 1 N–H and O–H groups in total. The van der Waals surface area contributed by atoms with Gasteiger partial charge in [-0.1, -0.05) is 42.5 Å². The minimum Gasteiger partial charge on any atom is -0.497 e. The maximum Gasteiger partial charge on any atom is 0.258 e. The van der Waals surface area contributed by atoms with Crippen LogP contribution < -0.4 is 14.8 Å². The predicted molar refractivity (Wildman–Crippen MR) is 131 cm³/mol. The normalized spacial score (nSPS) is 14.4. The van der Waals surface area contributed by atoms with Crippen LogP contribution in [0.2, 0.25) is 0 Å². The van der Waals surface area contributed by atoms with Gasteiger partial charge in [0.2, 0.25) is 0 Å². The van der Waals surface area contributed by atoms with Crippen LogP contribution in [0, 0.1) is 0 Å². The Bertz CT molecular complexity index is 1090. The number of rotatable bonds is 10. The Hall–Kier alpha value is -3.64. The van der Waals surface area contributed by atoms with Crippen LogP contribution in [0.5, 0.6) is 11.5 Å². The molecule has 0 saturated carbocycles. The zero-order valence-corrected chi connectivity index (χ0v) is 19.4. The summed E-state index contributed by atoms with van der Waals surface area (Å²) in [6.07, 6.45) is 2.33. The van der Waals surface area contributed by atoms with Gasteiger partial charge in [-0.25, -0.2) is 0 Å². The second-order valence-electron chi connectivity index (χ2n) is 8.35. The molecule has 1 aliphatic rings. The number of hydrogen-bond donors (Lipinski definition) is 1. The lowest BCUT2D eigenvalue weighted by Gasteiger charge is -2.28. The van der Waals surface area contributed by atoms with Crippen LogP contribution in [0.15, 0.2) is 78.9 Å². The summed E-state index contributed by atoms with van der Waals surface area (Å²) in [6.45, 7) is 2.45. The van der Waals surface area contributed by atoms with Crippen molar-refractivity contribution in [3.8, 4) is 11.5 Å². The third-order valence-electron chi connectivity index (χ3n) is 6.07. The molecule has 1 fully saturated rings. The Morgan fingerprint density at radius 2 is 1.59 bits per heavy atom. The van der Waals surface area contributed by atoms with E-state index in [2.05, 4.69) is 16.3 Å². The standard InChI is InChI=1S/C28H30N2O4/c1-33-25-11-7-10-23(18-25)26(30-16-5-6-17-30)19-29-27(31)20-34-24-14-12-22(13-15-24)28(32)21-8-3-2-4-9-21/h2-4,7-15,18,26H,5-6,16-17,19-20H2,1H3,(H,29,31)/t26-/m0/s1. The largest absolute Gasteiger partial charge is 0.497 e. The Morgan fingerprint density at radius 1 is 0.882 bits per heavy atom. The van der Waals surface area contributed by atoms with E-state index < -0.39 is 0 Å². The number of likely N-dealkylation sites (tertiary alicyclic amines) is 1. The third-order valence-corrected chi connectivity index (χ3v) is 6.07. The summed E-state index contributed by atoms with van der Waals surface area (Å²) in [5.41, 5.74) is 2.34. The molecule has 1 aliphatic heterocycles. The second kappa shape index (κ2) is 11.5. The van der Waals surface area contributed by atoms with Crippen molar-refractivity contribution >= 4 is 11.7 Å². The highest BCUT2D eigenvalue weighted by atomic mass is 16.5. The van der Waals surface area contributed by atoms with Crippen LogP contribution in [-0.4, -0.2) is 49.9 Å². The van der Waals surface area contributed by atoms with Crippen molar-refractivity contribution in [3.63, 3.8) is 0 Å². The molecule has 0 bridgehead atoms. The average molecular weight is 459 g/mol. The number of carbonyl (C=O) groups excluding carboxylic acids is 2. The van der Waals surface area contributed by atoms with E-state index in [1.54, 1.807) is 43.5 Å². The van der Waals surface area contributed by atoms with E-state index in [0.29, 0.717) is 23.4 Å². The molecule has 3 aromatic rings. The van der Waals surface area contributed by atoms with E-state index in [0.717, 1.165) is 24.4 Å². The van der Waals surface area contributed by atoms with Crippen molar-refractivity contribution in [2.24, 2.45) is 0 Å². The van der Waals surface area contributed by atoms with Gasteiger partial charge in [-0.15, -0.1) is 0 Å². The van der Waals surface area contributed by atoms with Crippen molar-refractivity contribution in [1.82, 2.24) is 10.2 Å². The minimum atomic E-state index is -0.184. The summed E-state index contributed by atoms with van der Waals surface area (Å²) in [5, 5.41) is 3.02. The highest BCUT2D eigenvalue weighted by Crippen LogP contribution is 2.27. The average Bonchev–Trinajstić information content (AvgIpc) is 3.43. The molecular weight excluding hydrogens is 428 g/mol. The lowest BCUT2D eigenvalue weighted by molar-refractivity contribution is -0.123. The minimum absolute atomic E-state index is 0.0459. The van der Waals surface area contributed by atoms with Crippen LogP contribution >= 0.6 is 0 Å². The molecule has 0 aliphatic carbocycles. The van der Waals surface area contributed by atoms with Gasteiger partial charge in [0.15, 0.2) is 12.4 Å². The Kier molecular flexibility index (Phi) is 7.94. The number of benzene rings is 3. The number of nitrogens with one attached hydrogen (secondary N) is 1. The maximum atomic E-state index is 12.5. The smallest absolute Gasteiger partial charge is 0.258 e. The van der Waals surface area contributed by atoms with E-state index in [-0.39, 0.29) is 24.3 Å². The second-order valence-corrected chi connectivity index (χ2v) is 8.35. The lowest BCUT2D eigenvalue weighted by Crippen LogP contribution is -2.38. The Balaban J connectivity index is 1.31. The van der Waals surface area contributed by atoms with E-state index in [4.69, 9.17) is 9.47 Å². The summed E-state index contributed by atoms with van der Waals surface area (Å²) in [7, 11) is 1.66. The first-order chi connectivity index (χ1) is 16.6. The third kappa shape index (κ3) is 6.02. The fourth-order valence-corrected chi connectivity index (χ4v) is 4.23. The number of hydrogen-bond acceptors (Lipinski definition) is 5. The van der Waals surface area contributed by atoms with E-state index in [1.807, 2.05) is 36.4 Å². The van der Waals surface area contributed by atoms with Crippen LogP contribution in [0.25, 0.3) is 0 Å². The van der Waals surface area contributed by atoms with Gasteiger partial charge in [-0.3, -0.25) is 14.5 Å². The van der Waals surface area contributed by atoms with Crippen LogP contribution in [0.4, 0.5) is 0 Å². The fraction of sp³-hybridized carbons (Fsp3) is 0.286. The first-order valence-corrected chi connectivity index (χ1v) is 11.6. The number of ether oxygens (including phenoxy) is 2.